The van der Waals surface area contributed by atoms with E-state index >= 15 is 0 Å². The Balaban J connectivity index is 2.16. The van der Waals surface area contributed by atoms with Crippen molar-refractivity contribution >= 4 is 16.3 Å². The molecule has 0 atom stereocenters. The van der Waals surface area contributed by atoms with Crippen LogP contribution in [0.3, 0.4) is 0 Å². The molecule has 0 saturated carbocycles. The van der Waals surface area contributed by atoms with E-state index in [4.69, 9.17) is 5.73 Å². The highest BCUT2D eigenvalue weighted by Crippen LogP contribution is 2.27. The van der Waals surface area contributed by atoms with Crippen LogP contribution in [0.2, 0.25) is 0 Å². The van der Waals surface area contributed by atoms with Crippen molar-refractivity contribution in [2.75, 3.05) is 5.73 Å². The fourth-order valence-corrected chi connectivity index (χ4v) is 2.24. The second kappa shape index (κ2) is 5.12. The van der Waals surface area contributed by atoms with E-state index < -0.39 is 0 Å². The van der Waals surface area contributed by atoms with E-state index in [1.165, 1.54) is 29.7 Å². The standard InChI is InChI=1S/C13H16N2S/c1-2-3-4-10-5-7-11(8-6-10)12-13(14)16-9-15-12/h5-9H,2-4,14H2,1H3. The highest BCUT2D eigenvalue weighted by Gasteiger charge is 2.04. The number of nitrogens with two attached hydrogens (primary N) is 1. The van der Waals surface area contributed by atoms with Crippen molar-refractivity contribution in [3.8, 4) is 11.3 Å². The maximum Gasteiger partial charge on any atom is 0.114 e. The molecule has 0 bridgehead atoms. The van der Waals surface area contributed by atoms with Gasteiger partial charge in [0, 0.05) is 5.56 Å². The van der Waals surface area contributed by atoms with Gasteiger partial charge in [0.05, 0.1) is 5.51 Å². The minimum Gasteiger partial charge on any atom is -0.389 e. The molecule has 0 amide bonds. The zero-order valence-electron chi connectivity index (χ0n) is 9.44. The van der Waals surface area contributed by atoms with Gasteiger partial charge in [0.25, 0.3) is 0 Å². The lowest BCUT2D eigenvalue weighted by molar-refractivity contribution is 0.795. The summed E-state index contributed by atoms with van der Waals surface area (Å²) in [6.07, 6.45) is 3.64. The van der Waals surface area contributed by atoms with E-state index in [0.29, 0.717) is 0 Å². The van der Waals surface area contributed by atoms with E-state index in [1.807, 2.05) is 0 Å². The molecule has 0 radical (unpaired) electrons. The van der Waals surface area contributed by atoms with Gasteiger partial charge >= 0.3 is 0 Å². The summed E-state index contributed by atoms with van der Waals surface area (Å²) >= 11 is 1.48. The molecule has 0 aliphatic heterocycles. The molecule has 2 N–H and O–H groups in total. The Morgan fingerprint density at radius 3 is 2.56 bits per heavy atom. The van der Waals surface area contributed by atoms with Crippen molar-refractivity contribution < 1.29 is 0 Å². The van der Waals surface area contributed by atoms with Gasteiger partial charge < -0.3 is 5.73 Å². The topological polar surface area (TPSA) is 38.9 Å². The third-order valence-electron chi connectivity index (χ3n) is 2.64. The Morgan fingerprint density at radius 2 is 2.00 bits per heavy atom. The summed E-state index contributed by atoms with van der Waals surface area (Å²) in [5.41, 5.74) is 11.0. The molecule has 3 heteroatoms. The van der Waals surface area contributed by atoms with Crippen LogP contribution in [0.25, 0.3) is 11.3 Å². The molecule has 2 nitrogen and oxygen atoms in total. The van der Waals surface area contributed by atoms with Crippen molar-refractivity contribution in [3.63, 3.8) is 0 Å². The number of benzene rings is 1. The molecule has 0 aliphatic rings. The minimum absolute atomic E-state index is 0.793. The number of unbranched alkanes of at least 4 members (excludes halogenated alkanes) is 1. The molecule has 0 saturated heterocycles. The zero-order chi connectivity index (χ0) is 11.4. The number of nitrogens with zero attached hydrogens (tertiary/aromatic N) is 1. The van der Waals surface area contributed by atoms with Crippen molar-refractivity contribution in [1.82, 2.24) is 4.98 Å². The van der Waals surface area contributed by atoms with E-state index in [2.05, 4.69) is 36.2 Å². The van der Waals surface area contributed by atoms with Gasteiger partial charge in [0.1, 0.15) is 10.7 Å². The predicted molar refractivity (Wildman–Crippen MR) is 70.6 cm³/mol. The van der Waals surface area contributed by atoms with Crippen LogP contribution in [0.4, 0.5) is 5.00 Å². The summed E-state index contributed by atoms with van der Waals surface area (Å²) in [5.74, 6) is 0. The lowest BCUT2D eigenvalue weighted by Gasteiger charge is -2.02. The number of nitrogen functional groups attached to an aromatic ring is 1. The molecule has 0 spiro atoms. The maximum absolute atomic E-state index is 5.85. The Kier molecular flexibility index (Phi) is 3.57. The van der Waals surface area contributed by atoms with Gasteiger partial charge in [0.2, 0.25) is 0 Å². The molecule has 2 aromatic rings. The van der Waals surface area contributed by atoms with E-state index in [-0.39, 0.29) is 0 Å². The fraction of sp³-hybridized carbons (Fsp3) is 0.308. The van der Waals surface area contributed by atoms with Crippen molar-refractivity contribution in [2.45, 2.75) is 26.2 Å². The first-order valence-corrected chi connectivity index (χ1v) is 6.47. The first kappa shape index (κ1) is 11.1. The van der Waals surface area contributed by atoms with Crippen LogP contribution in [-0.2, 0) is 6.42 Å². The van der Waals surface area contributed by atoms with E-state index in [1.54, 1.807) is 5.51 Å². The largest absolute Gasteiger partial charge is 0.389 e. The highest BCUT2D eigenvalue weighted by atomic mass is 32.1. The number of thiazole rings is 1. The summed E-state index contributed by atoms with van der Waals surface area (Å²) in [6, 6.07) is 8.56. The molecule has 0 fully saturated rings. The van der Waals surface area contributed by atoms with Crippen molar-refractivity contribution in [2.24, 2.45) is 0 Å². The Morgan fingerprint density at radius 1 is 1.25 bits per heavy atom. The maximum atomic E-state index is 5.85. The van der Waals surface area contributed by atoms with Gasteiger partial charge in [0.15, 0.2) is 0 Å². The average molecular weight is 232 g/mol. The number of hydrogen-bond donors (Lipinski definition) is 1. The zero-order valence-corrected chi connectivity index (χ0v) is 10.3. The second-order valence-corrected chi connectivity index (χ2v) is 4.75. The summed E-state index contributed by atoms with van der Waals surface area (Å²) in [5, 5.41) is 0.793. The van der Waals surface area contributed by atoms with Crippen LogP contribution in [0.5, 0.6) is 0 Å². The number of anilines is 1. The fourth-order valence-electron chi connectivity index (χ4n) is 1.68. The van der Waals surface area contributed by atoms with Gasteiger partial charge in [-0.15, -0.1) is 11.3 Å². The number of aromatic nitrogens is 1. The van der Waals surface area contributed by atoms with Gasteiger partial charge in [-0.05, 0) is 18.4 Å². The average Bonchev–Trinajstić information content (AvgIpc) is 2.74. The third kappa shape index (κ3) is 2.42. The van der Waals surface area contributed by atoms with Crippen molar-refractivity contribution in [1.29, 1.82) is 0 Å². The van der Waals surface area contributed by atoms with Crippen LogP contribution >= 0.6 is 11.3 Å². The van der Waals surface area contributed by atoms with Gasteiger partial charge in [-0.1, -0.05) is 37.6 Å². The van der Waals surface area contributed by atoms with Crippen LogP contribution < -0.4 is 5.73 Å². The summed E-state index contributed by atoms with van der Waals surface area (Å²) in [4.78, 5) is 4.27. The van der Waals surface area contributed by atoms with Crippen LogP contribution in [0.1, 0.15) is 25.3 Å². The number of hydrogen-bond acceptors (Lipinski definition) is 3. The first-order chi connectivity index (χ1) is 7.81. The molecular formula is C13H16N2S. The molecule has 84 valence electrons. The smallest absolute Gasteiger partial charge is 0.114 e. The van der Waals surface area contributed by atoms with Gasteiger partial charge in [-0.25, -0.2) is 4.98 Å². The molecule has 0 aliphatic carbocycles. The monoisotopic (exact) mass is 232 g/mol. The summed E-state index contributed by atoms with van der Waals surface area (Å²) in [7, 11) is 0. The Labute approximate surface area is 100 Å². The molecular weight excluding hydrogens is 216 g/mol. The molecule has 1 aromatic carbocycles. The normalized spacial score (nSPS) is 10.6. The first-order valence-electron chi connectivity index (χ1n) is 5.59. The van der Waals surface area contributed by atoms with Crippen molar-refractivity contribution in [3.05, 3.63) is 35.3 Å². The minimum atomic E-state index is 0.793. The molecule has 1 heterocycles. The van der Waals surface area contributed by atoms with E-state index in [0.717, 1.165) is 22.7 Å². The lowest BCUT2D eigenvalue weighted by atomic mass is 10.1. The van der Waals surface area contributed by atoms with Crippen LogP contribution in [-0.4, -0.2) is 4.98 Å². The SMILES string of the molecule is CCCCc1ccc(-c2ncsc2N)cc1. The van der Waals surface area contributed by atoms with Gasteiger partial charge in [-0.3, -0.25) is 0 Å². The Bertz CT molecular complexity index is 445. The molecule has 2 rings (SSSR count). The summed E-state index contributed by atoms with van der Waals surface area (Å²) < 4.78 is 0. The number of rotatable bonds is 4. The molecule has 16 heavy (non-hydrogen) atoms. The summed E-state index contributed by atoms with van der Waals surface area (Å²) in [6.45, 7) is 2.21. The molecule has 1 aromatic heterocycles. The quantitative estimate of drug-likeness (QED) is 0.872. The molecule has 0 unspecified atom stereocenters. The van der Waals surface area contributed by atoms with E-state index in [9.17, 15) is 0 Å². The lowest BCUT2D eigenvalue weighted by Crippen LogP contribution is -1.88. The Hall–Kier alpha value is -1.35. The van der Waals surface area contributed by atoms with Crippen LogP contribution in [0, 0.1) is 0 Å². The number of aryl methyl sites for hydroxylation is 1. The second-order valence-electron chi connectivity index (χ2n) is 3.87. The van der Waals surface area contributed by atoms with Crippen LogP contribution in [0.15, 0.2) is 29.8 Å². The highest BCUT2D eigenvalue weighted by molar-refractivity contribution is 7.14. The third-order valence-corrected chi connectivity index (χ3v) is 3.30. The van der Waals surface area contributed by atoms with Gasteiger partial charge in [-0.2, -0.15) is 0 Å². The predicted octanol–water partition coefficient (Wildman–Crippen LogP) is 3.73.